The standard InChI is InChI=1S/C16H13F6N3O3/c1-27-25(13(26)14(6-7-14)16(20,21)22)8-9-2-4-10(5-3-9)11-23-12(28-24-11)15(17,18)19/h2-5H,6-8H2,1H3. The zero-order valence-electron chi connectivity index (χ0n) is 14.3. The lowest BCUT2D eigenvalue weighted by Crippen LogP contribution is -2.43. The van der Waals surface area contributed by atoms with Crippen molar-refractivity contribution in [1.82, 2.24) is 15.2 Å². The highest BCUT2D eigenvalue weighted by atomic mass is 19.4. The molecule has 152 valence electrons. The predicted octanol–water partition coefficient (Wildman–Crippen LogP) is 3.99. The van der Waals surface area contributed by atoms with Gasteiger partial charge in [0.05, 0.1) is 13.7 Å². The number of alkyl halides is 6. The fourth-order valence-corrected chi connectivity index (χ4v) is 2.58. The minimum Gasteiger partial charge on any atom is -0.329 e. The Kier molecular flexibility index (Phi) is 4.86. The van der Waals surface area contributed by atoms with Gasteiger partial charge in [0.25, 0.3) is 5.91 Å². The molecule has 1 heterocycles. The number of benzene rings is 1. The third-order valence-electron chi connectivity index (χ3n) is 4.36. The van der Waals surface area contributed by atoms with E-state index in [0.717, 1.165) is 7.11 Å². The van der Waals surface area contributed by atoms with E-state index in [1.165, 1.54) is 24.3 Å². The molecular formula is C16H13F6N3O3. The maximum absolute atomic E-state index is 13.1. The summed E-state index contributed by atoms with van der Waals surface area (Å²) in [6.07, 6.45) is -10.0. The van der Waals surface area contributed by atoms with E-state index in [1.54, 1.807) is 0 Å². The van der Waals surface area contributed by atoms with E-state index in [9.17, 15) is 31.1 Å². The van der Waals surface area contributed by atoms with Crippen LogP contribution in [0.5, 0.6) is 0 Å². The van der Waals surface area contributed by atoms with Crippen LogP contribution in [0.2, 0.25) is 0 Å². The molecule has 1 aromatic carbocycles. The van der Waals surface area contributed by atoms with E-state index in [4.69, 9.17) is 4.84 Å². The summed E-state index contributed by atoms with van der Waals surface area (Å²) in [6.45, 7) is -0.270. The summed E-state index contributed by atoms with van der Waals surface area (Å²) in [7, 11) is 1.08. The van der Waals surface area contributed by atoms with Crippen LogP contribution in [0.3, 0.4) is 0 Å². The number of rotatable bonds is 5. The van der Waals surface area contributed by atoms with Crippen LogP contribution in [0, 0.1) is 5.41 Å². The molecule has 1 aliphatic rings. The molecule has 1 saturated carbocycles. The monoisotopic (exact) mass is 409 g/mol. The molecule has 1 aliphatic carbocycles. The maximum Gasteiger partial charge on any atom is 0.471 e. The highest BCUT2D eigenvalue weighted by molar-refractivity contribution is 5.85. The van der Waals surface area contributed by atoms with Crippen LogP contribution < -0.4 is 0 Å². The van der Waals surface area contributed by atoms with Crippen LogP contribution >= 0.6 is 0 Å². The lowest BCUT2D eigenvalue weighted by molar-refractivity contribution is -0.224. The van der Waals surface area contributed by atoms with Gasteiger partial charge in [-0.3, -0.25) is 9.63 Å². The average Bonchev–Trinajstić information content (AvgIpc) is 3.29. The number of halogens is 6. The summed E-state index contributed by atoms with van der Waals surface area (Å²) >= 11 is 0. The van der Waals surface area contributed by atoms with Crippen molar-refractivity contribution >= 4 is 5.91 Å². The van der Waals surface area contributed by atoms with E-state index < -0.39 is 29.6 Å². The highest BCUT2D eigenvalue weighted by Gasteiger charge is 2.69. The first-order chi connectivity index (χ1) is 13.0. The van der Waals surface area contributed by atoms with Gasteiger partial charge in [-0.25, -0.2) is 5.06 Å². The summed E-state index contributed by atoms with van der Waals surface area (Å²) in [5, 5.41) is 3.85. The molecule has 2 aromatic rings. The summed E-state index contributed by atoms with van der Waals surface area (Å²) in [5.41, 5.74) is -1.81. The number of hydroxylamine groups is 2. The molecule has 0 atom stereocenters. The van der Waals surface area contributed by atoms with Gasteiger partial charge in [0.2, 0.25) is 5.82 Å². The average molecular weight is 409 g/mol. The fraction of sp³-hybridized carbons (Fsp3) is 0.438. The zero-order chi connectivity index (χ0) is 20.7. The Hall–Kier alpha value is -2.63. The van der Waals surface area contributed by atoms with Crippen molar-refractivity contribution < 1.29 is 40.5 Å². The molecule has 1 aromatic heterocycles. The Labute approximate surface area is 154 Å². The molecule has 0 N–H and O–H groups in total. The van der Waals surface area contributed by atoms with Crippen LogP contribution in [0.15, 0.2) is 28.8 Å². The van der Waals surface area contributed by atoms with Gasteiger partial charge in [-0.15, -0.1) is 0 Å². The van der Waals surface area contributed by atoms with E-state index in [1.807, 2.05) is 0 Å². The molecule has 0 bridgehead atoms. The number of hydrogen-bond acceptors (Lipinski definition) is 5. The Balaban J connectivity index is 1.73. The molecule has 0 spiro atoms. The van der Waals surface area contributed by atoms with Gasteiger partial charge in [-0.1, -0.05) is 29.4 Å². The number of nitrogens with zero attached hydrogens (tertiary/aromatic N) is 3. The second kappa shape index (κ2) is 6.76. The van der Waals surface area contributed by atoms with Gasteiger partial charge in [0.1, 0.15) is 5.41 Å². The summed E-state index contributed by atoms with van der Waals surface area (Å²) in [4.78, 5) is 20.3. The topological polar surface area (TPSA) is 68.5 Å². The second-order valence-electron chi connectivity index (χ2n) is 6.22. The Morgan fingerprint density at radius 1 is 1.18 bits per heavy atom. The normalized spacial score (nSPS) is 16.1. The molecule has 0 saturated heterocycles. The quantitative estimate of drug-likeness (QED) is 0.552. The summed E-state index contributed by atoms with van der Waals surface area (Å²) < 4.78 is 80.9. The van der Waals surface area contributed by atoms with Crippen molar-refractivity contribution in [2.24, 2.45) is 5.41 Å². The van der Waals surface area contributed by atoms with E-state index in [-0.39, 0.29) is 30.8 Å². The van der Waals surface area contributed by atoms with Crippen LogP contribution in [0.25, 0.3) is 11.4 Å². The number of aromatic nitrogens is 2. The van der Waals surface area contributed by atoms with E-state index >= 15 is 0 Å². The Morgan fingerprint density at radius 3 is 2.21 bits per heavy atom. The minimum atomic E-state index is -4.78. The third kappa shape index (κ3) is 3.68. The van der Waals surface area contributed by atoms with Crippen molar-refractivity contribution in [1.29, 1.82) is 0 Å². The number of carbonyl (C=O) groups excluding carboxylic acids is 1. The van der Waals surface area contributed by atoms with E-state index in [2.05, 4.69) is 14.7 Å². The molecule has 1 fully saturated rings. The van der Waals surface area contributed by atoms with Gasteiger partial charge < -0.3 is 4.52 Å². The van der Waals surface area contributed by atoms with Crippen molar-refractivity contribution in [3.63, 3.8) is 0 Å². The molecule has 6 nitrogen and oxygen atoms in total. The van der Waals surface area contributed by atoms with Crippen LogP contribution in [0.1, 0.15) is 24.3 Å². The van der Waals surface area contributed by atoms with E-state index in [0.29, 0.717) is 10.6 Å². The molecule has 0 aliphatic heterocycles. The predicted molar refractivity (Wildman–Crippen MR) is 80.0 cm³/mol. The maximum atomic E-state index is 13.1. The number of carbonyl (C=O) groups is 1. The van der Waals surface area contributed by atoms with Gasteiger partial charge in [0.15, 0.2) is 0 Å². The van der Waals surface area contributed by atoms with Crippen molar-refractivity contribution in [2.45, 2.75) is 31.7 Å². The summed E-state index contributed by atoms with van der Waals surface area (Å²) in [5.74, 6) is -2.98. The first kappa shape index (κ1) is 20.1. The fourth-order valence-electron chi connectivity index (χ4n) is 2.58. The van der Waals surface area contributed by atoms with Gasteiger partial charge in [-0.05, 0) is 18.4 Å². The Morgan fingerprint density at radius 2 is 1.79 bits per heavy atom. The summed E-state index contributed by atoms with van der Waals surface area (Å²) in [6, 6.07) is 5.53. The third-order valence-corrected chi connectivity index (χ3v) is 4.36. The largest absolute Gasteiger partial charge is 0.471 e. The van der Waals surface area contributed by atoms with Crippen LogP contribution in [0.4, 0.5) is 26.3 Å². The highest BCUT2D eigenvalue weighted by Crippen LogP contribution is 2.58. The van der Waals surface area contributed by atoms with Gasteiger partial charge in [-0.2, -0.15) is 31.3 Å². The smallest absolute Gasteiger partial charge is 0.329 e. The minimum absolute atomic E-state index is 0.201. The van der Waals surface area contributed by atoms with Crippen molar-refractivity contribution in [3.05, 3.63) is 35.7 Å². The Bertz CT molecular complexity index is 856. The van der Waals surface area contributed by atoms with Gasteiger partial charge in [0, 0.05) is 5.56 Å². The first-order valence-corrected chi connectivity index (χ1v) is 7.91. The molecule has 12 heteroatoms. The second-order valence-corrected chi connectivity index (χ2v) is 6.22. The SMILES string of the molecule is CON(Cc1ccc(-c2noc(C(F)(F)F)n2)cc1)C(=O)C1(C(F)(F)F)CC1. The molecule has 0 unspecified atom stereocenters. The van der Waals surface area contributed by atoms with Gasteiger partial charge >= 0.3 is 18.2 Å². The van der Waals surface area contributed by atoms with Crippen molar-refractivity contribution in [3.8, 4) is 11.4 Å². The molecule has 1 amide bonds. The molecular weight excluding hydrogens is 396 g/mol. The molecule has 3 rings (SSSR count). The molecule has 28 heavy (non-hydrogen) atoms. The van der Waals surface area contributed by atoms with Crippen LogP contribution in [-0.2, 0) is 22.4 Å². The lowest BCUT2D eigenvalue weighted by Gasteiger charge is -2.26. The van der Waals surface area contributed by atoms with Crippen molar-refractivity contribution in [2.75, 3.05) is 7.11 Å². The lowest BCUT2D eigenvalue weighted by atomic mass is 10.1. The number of amides is 1. The molecule has 0 radical (unpaired) electrons. The van der Waals surface area contributed by atoms with Crippen LogP contribution in [-0.4, -0.2) is 34.4 Å². The zero-order valence-corrected chi connectivity index (χ0v) is 14.3. The number of hydrogen-bond donors (Lipinski definition) is 0. The first-order valence-electron chi connectivity index (χ1n) is 7.91.